The molecule has 2 unspecified atom stereocenters. The van der Waals surface area contributed by atoms with E-state index in [1.54, 1.807) is 19.1 Å². The Hall–Kier alpha value is -0.620. The zero-order chi connectivity index (χ0) is 13.3. The highest BCUT2D eigenvalue weighted by molar-refractivity contribution is 7.89. The summed E-state index contributed by atoms with van der Waals surface area (Å²) in [6, 6.07) is 4.50. The molecule has 1 aliphatic carbocycles. The van der Waals surface area contributed by atoms with Crippen molar-refractivity contribution in [1.82, 2.24) is 4.72 Å². The molecule has 1 aliphatic rings. The van der Waals surface area contributed by atoms with Crippen molar-refractivity contribution in [2.75, 3.05) is 0 Å². The number of nitrogens with one attached hydrogen (secondary N) is 1. The molecule has 0 aliphatic heterocycles. The van der Waals surface area contributed by atoms with Crippen molar-refractivity contribution in [2.45, 2.75) is 43.2 Å². The van der Waals surface area contributed by atoms with Crippen molar-refractivity contribution in [3.05, 3.63) is 28.8 Å². The normalized spacial score (nSPS) is 24.4. The van der Waals surface area contributed by atoms with E-state index in [1.165, 1.54) is 6.07 Å². The van der Waals surface area contributed by atoms with E-state index in [4.69, 9.17) is 17.3 Å². The van der Waals surface area contributed by atoms with Crippen molar-refractivity contribution >= 4 is 21.6 Å². The minimum atomic E-state index is -3.51. The van der Waals surface area contributed by atoms with E-state index in [0.717, 1.165) is 19.3 Å². The molecule has 0 saturated heterocycles. The van der Waals surface area contributed by atoms with E-state index in [1.807, 2.05) is 0 Å². The maximum atomic E-state index is 12.3. The SMILES string of the molecule is Cc1cc(Cl)ccc1S(=O)(=O)NC1CCCC1N. The molecule has 2 atom stereocenters. The second-order valence-electron chi connectivity index (χ2n) is 4.73. The summed E-state index contributed by atoms with van der Waals surface area (Å²) >= 11 is 5.83. The van der Waals surface area contributed by atoms with Crippen LogP contribution in [0.1, 0.15) is 24.8 Å². The van der Waals surface area contributed by atoms with Gasteiger partial charge >= 0.3 is 0 Å². The Morgan fingerprint density at radius 2 is 2.11 bits per heavy atom. The number of sulfonamides is 1. The number of nitrogens with two attached hydrogens (primary N) is 1. The van der Waals surface area contributed by atoms with Crippen molar-refractivity contribution in [3.8, 4) is 0 Å². The predicted octanol–water partition coefficient (Wildman–Crippen LogP) is 1.81. The molecule has 1 saturated carbocycles. The molecule has 1 aromatic rings. The lowest BCUT2D eigenvalue weighted by Gasteiger charge is -2.18. The molecule has 0 radical (unpaired) electrons. The average Bonchev–Trinajstić information content (AvgIpc) is 2.63. The van der Waals surface area contributed by atoms with Crippen LogP contribution in [-0.4, -0.2) is 20.5 Å². The molecule has 4 nitrogen and oxygen atoms in total. The summed E-state index contributed by atoms with van der Waals surface area (Å²) in [6.45, 7) is 1.73. The number of hydrogen-bond donors (Lipinski definition) is 2. The third-order valence-electron chi connectivity index (χ3n) is 3.30. The molecule has 0 aromatic heterocycles. The van der Waals surface area contributed by atoms with Gasteiger partial charge in [0.15, 0.2) is 0 Å². The molecule has 18 heavy (non-hydrogen) atoms. The maximum absolute atomic E-state index is 12.3. The van der Waals surface area contributed by atoms with Gasteiger partial charge in [-0.05, 0) is 43.5 Å². The Kier molecular flexibility index (Phi) is 3.96. The van der Waals surface area contributed by atoms with Crippen LogP contribution in [0.15, 0.2) is 23.1 Å². The zero-order valence-corrected chi connectivity index (χ0v) is 11.8. The van der Waals surface area contributed by atoms with Crippen LogP contribution >= 0.6 is 11.6 Å². The first-order chi connectivity index (χ1) is 8.40. The summed E-state index contributed by atoms with van der Waals surface area (Å²) < 4.78 is 27.2. The summed E-state index contributed by atoms with van der Waals surface area (Å²) in [5.74, 6) is 0. The van der Waals surface area contributed by atoms with Gasteiger partial charge in [-0.15, -0.1) is 0 Å². The molecule has 1 aromatic carbocycles. The molecule has 6 heteroatoms. The third-order valence-corrected chi connectivity index (χ3v) is 5.19. The standard InChI is InChI=1S/C12H17ClN2O2S/c1-8-7-9(13)5-6-12(8)18(16,17)15-11-4-2-3-10(11)14/h5-7,10-11,15H,2-4,14H2,1H3. The molecule has 1 fully saturated rings. The number of aryl methyl sites for hydroxylation is 1. The van der Waals surface area contributed by atoms with E-state index in [2.05, 4.69) is 4.72 Å². The van der Waals surface area contributed by atoms with Crippen molar-refractivity contribution in [3.63, 3.8) is 0 Å². The van der Waals surface area contributed by atoms with Gasteiger partial charge in [0.2, 0.25) is 10.0 Å². The maximum Gasteiger partial charge on any atom is 0.241 e. The van der Waals surface area contributed by atoms with Gasteiger partial charge in [0.05, 0.1) is 4.90 Å². The van der Waals surface area contributed by atoms with Gasteiger partial charge in [0.25, 0.3) is 0 Å². The topological polar surface area (TPSA) is 72.2 Å². The van der Waals surface area contributed by atoms with Crippen LogP contribution in [-0.2, 0) is 10.0 Å². The highest BCUT2D eigenvalue weighted by atomic mass is 35.5. The van der Waals surface area contributed by atoms with Crippen LogP contribution in [0.2, 0.25) is 5.02 Å². The van der Waals surface area contributed by atoms with Crippen molar-refractivity contribution in [2.24, 2.45) is 5.73 Å². The fourth-order valence-corrected chi connectivity index (χ4v) is 4.09. The fourth-order valence-electron chi connectivity index (χ4n) is 2.31. The monoisotopic (exact) mass is 288 g/mol. The smallest absolute Gasteiger partial charge is 0.241 e. The zero-order valence-electron chi connectivity index (χ0n) is 10.2. The Balaban J connectivity index is 2.25. The largest absolute Gasteiger partial charge is 0.326 e. The van der Waals surface area contributed by atoms with Gasteiger partial charge in [0, 0.05) is 17.1 Å². The number of benzene rings is 1. The first-order valence-corrected chi connectivity index (χ1v) is 7.80. The highest BCUT2D eigenvalue weighted by Crippen LogP contribution is 2.23. The summed E-state index contributed by atoms with van der Waals surface area (Å²) in [7, 11) is -3.51. The highest BCUT2D eigenvalue weighted by Gasteiger charge is 2.29. The van der Waals surface area contributed by atoms with Crippen LogP contribution in [0, 0.1) is 6.92 Å². The van der Waals surface area contributed by atoms with Crippen molar-refractivity contribution in [1.29, 1.82) is 0 Å². The van der Waals surface area contributed by atoms with Gasteiger partial charge in [-0.2, -0.15) is 0 Å². The summed E-state index contributed by atoms with van der Waals surface area (Å²) in [4.78, 5) is 0.269. The summed E-state index contributed by atoms with van der Waals surface area (Å²) in [6.07, 6.45) is 2.63. The lowest BCUT2D eigenvalue weighted by molar-refractivity contribution is 0.522. The fraction of sp³-hybridized carbons (Fsp3) is 0.500. The van der Waals surface area contributed by atoms with Crippen LogP contribution in [0.5, 0.6) is 0 Å². The van der Waals surface area contributed by atoms with E-state index >= 15 is 0 Å². The van der Waals surface area contributed by atoms with Gasteiger partial charge in [0.1, 0.15) is 0 Å². The Labute approximate surface area is 113 Å². The Bertz CT molecular complexity index is 545. The molecule has 0 heterocycles. The Morgan fingerprint density at radius 3 is 2.67 bits per heavy atom. The van der Waals surface area contributed by atoms with E-state index in [-0.39, 0.29) is 17.0 Å². The molecule has 3 N–H and O–H groups in total. The summed E-state index contributed by atoms with van der Waals surface area (Å²) in [5.41, 5.74) is 6.52. The predicted molar refractivity (Wildman–Crippen MR) is 72.1 cm³/mol. The van der Waals surface area contributed by atoms with Gasteiger partial charge in [-0.25, -0.2) is 13.1 Å². The molecular formula is C12H17ClN2O2S. The van der Waals surface area contributed by atoms with E-state index in [0.29, 0.717) is 10.6 Å². The van der Waals surface area contributed by atoms with Gasteiger partial charge in [-0.3, -0.25) is 0 Å². The molecule has 0 bridgehead atoms. The summed E-state index contributed by atoms with van der Waals surface area (Å²) in [5, 5.41) is 0.531. The number of rotatable bonds is 3. The number of hydrogen-bond acceptors (Lipinski definition) is 3. The lowest BCUT2D eigenvalue weighted by Crippen LogP contribution is -2.44. The molecule has 100 valence electrons. The number of halogens is 1. The molecule has 0 spiro atoms. The van der Waals surface area contributed by atoms with Crippen LogP contribution in [0.4, 0.5) is 0 Å². The second kappa shape index (κ2) is 5.17. The first-order valence-electron chi connectivity index (χ1n) is 5.94. The van der Waals surface area contributed by atoms with Gasteiger partial charge < -0.3 is 5.73 Å². The molecule has 0 amide bonds. The van der Waals surface area contributed by atoms with Crippen molar-refractivity contribution < 1.29 is 8.42 Å². The van der Waals surface area contributed by atoms with Crippen LogP contribution in [0.3, 0.4) is 0 Å². The van der Waals surface area contributed by atoms with Gasteiger partial charge in [-0.1, -0.05) is 18.0 Å². The third kappa shape index (κ3) is 2.85. The minimum absolute atomic E-state index is 0.0904. The molecule has 2 rings (SSSR count). The average molecular weight is 289 g/mol. The van der Waals surface area contributed by atoms with Crippen LogP contribution in [0.25, 0.3) is 0 Å². The molecular weight excluding hydrogens is 272 g/mol. The quantitative estimate of drug-likeness (QED) is 0.891. The first kappa shape index (κ1) is 13.8. The minimum Gasteiger partial charge on any atom is -0.326 e. The van der Waals surface area contributed by atoms with E-state index in [9.17, 15) is 8.42 Å². The Morgan fingerprint density at radius 1 is 1.39 bits per heavy atom. The van der Waals surface area contributed by atoms with Crippen LogP contribution < -0.4 is 10.5 Å². The van der Waals surface area contributed by atoms with E-state index < -0.39 is 10.0 Å². The second-order valence-corrected chi connectivity index (χ2v) is 6.85. The lowest BCUT2D eigenvalue weighted by atomic mass is 10.2.